The third-order valence-corrected chi connectivity index (χ3v) is 4.03. The van der Waals surface area contributed by atoms with Crippen LogP contribution < -0.4 is 4.90 Å². The Labute approximate surface area is 124 Å². The van der Waals surface area contributed by atoms with Crippen LogP contribution in [0.3, 0.4) is 0 Å². The van der Waals surface area contributed by atoms with Gasteiger partial charge in [0.25, 0.3) is 0 Å². The molecule has 1 fully saturated rings. The molecule has 0 amide bonds. The average molecular weight is 275 g/mol. The van der Waals surface area contributed by atoms with E-state index in [4.69, 9.17) is 9.97 Å². The van der Waals surface area contributed by atoms with Gasteiger partial charge in [-0.1, -0.05) is 48.5 Å². The van der Waals surface area contributed by atoms with E-state index in [0.717, 1.165) is 41.2 Å². The number of rotatable bonds is 2. The van der Waals surface area contributed by atoms with Crippen LogP contribution in [0.4, 0.5) is 5.95 Å². The first-order valence-electron chi connectivity index (χ1n) is 7.49. The molecule has 3 heteroatoms. The maximum atomic E-state index is 4.87. The number of fused-ring (bicyclic) bond motifs is 1. The van der Waals surface area contributed by atoms with Crippen LogP contribution in [0.2, 0.25) is 0 Å². The maximum absolute atomic E-state index is 4.87. The second-order valence-electron chi connectivity index (χ2n) is 5.45. The fourth-order valence-electron chi connectivity index (χ4n) is 2.94. The molecule has 0 bridgehead atoms. The number of hydrogen-bond donors (Lipinski definition) is 0. The molecule has 2 heterocycles. The van der Waals surface area contributed by atoms with E-state index in [1.807, 2.05) is 18.2 Å². The van der Waals surface area contributed by atoms with E-state index < -0.39 is 0 Å². The van der Waals surface area contributed by atoms with Crippen LogP contribution in [0, 0.1) is 0 Å². The molecule has 0 aliphatic carbocycles. The molecular formula is C18H17N3. The minimum absolute atomic E-state index is 0.866. The molecule has 0 N–H and O–H groups in total. The molecule has 0 spiro atoms. The van der Waals surface area contributed by atoms with Gasteiger partial charge in [0.2, 0.25) is 5.95 Å². The maximum Gasteiger partial charge on any atom is 0.226 e. The summed E-state index contributed by atoms with van der Waals surface area (Å²) >= 11 is 0. The summed E-state index contributed by atoms with van der Waals surface area (Å²) in [5.74, 6) is 0.866. The minimum atomic E-state index is 0.866. The lowest BCUT2D eigenvalue weighted by Gasteiger charge is -2.17. The van der Waals surface area contributed by atoms with Crippen molar-refractivity contribution in [2.75, 3.05) is 18.0 Å². The standard InChI is InChI=1S/C18H17N3/c1-2-8-14(9-3-1)17-15-10-4-5-11-16(15)19-18(20-17)21-12-6-7-13-21/h1-5,8-11H,6-7,12-13H2. The average Bonchev–Trinajstić information content (AvgIpc) is 3.09. The minimum Gasteiger partial charge on any atom is -0.341 e. The van der Waals surface area contributed by atoms with E-state index in [0.29, 0.717) is 0 Å². The van der Waals surface area contributed by atoms with E-state index in [2.05, 4.69) is 41.3 Å². The summed E-state index contributed by atoms with van der Waals surface area (Å²) in [5.41, 5.74) is 3.20. The first kappa shape index (κ1) is 12.3. The van der Waals surface area contributed by atoms with E-state index in [1.165, 1.54) is 12.8 Å². The topological polar surface area (TPSA) is 29.0 Å². The lowest BCUT2D eigenvalue weighted by atomic mass is 10.1. The smallest absolute Gasteiger partial charge is 0.226 e. The molecule has 0 saturated carbocycles. The molecule has 1 saturated heterocycles. The number of para-hydroxylation sites is 1. The summed E-state index contributed by atoms with van der Waals surface area (Å²) in [5, 5.41) is 1.12. The Morgan fingerprint density at radius 2 is 1.48 bits per heavy atom. The van der Waals surface area contributed by atoms with Crippen molar-refractivity contribution in [3.8, 4) is 11.3 Å². The van der Waals surface area contributed by atoms with E-state index >= 15 is 0 Å². The van der Waals surface area contributed by atoms with E-state index in [1.54, 1.807) is 0 Å². The molecule has 0 unspecified atom stereocenters. The predicted molar refractivity (Wildman–Crippen MR) is 86.4 cm³/mol. The number of anilines is 1. The van der Waals surface area contributed by atoms with Crippen molar-refractivity contribution in [2.24, 2.45) is 0 Å². The summed E-state index contributed by atoms with van der Waals surface area (Å²) in [4.78, 5) is 11.9. The van der Waals surface area contributed by atoms with Crippen LogP contribution in [0.15, 0.2) is 54.6 Å². The third-order valence-electron chi connectivity index (χ3n) is 4.03. The molecule has 21 heavy (non-hydrogen) atoms. The monoisotopic (exact) mass is 275 g/mol. The fourth-order valence-corrected chi connectivity index (χ4v) is 2.94. The number of benzene rings is 2. The summed E-state index contributed by atoms with van der Waals surface area (Å²) < 4.78 is 0. The van der Waals surface area contributed by atoms with Gasteiger partial charge < -0.3 is 4.90 Å². The summed E-state index contributed by atoms with van der Waals surface area (Å²) in [7, 11) is 0. The van der Waals surface area contributed by atoms with Gasteiger partial charge in [0.05, 0.1) is 11.2 Å². The normalized spacial score (nSPS) is 14.8. The number of hydrogen-bond acceptors (Lipinski definition) is 3. The van der Waals surface area contributed by atoms with Crippen LogP contribution in [0.5, 0.6) is 0 Å². The quantitative estimate of drug-likeness (QED) is 0.710. The van der Waals surface area contributed by atoms with Crippen molar-refractivity contribution < 1.29 is 0 Å². The van der Waals surface area contributed by atoms with Crippen molar-refractivity contribution >= 4 is 16.9 Å². The highest BCUT2D eigenvalue weighted by Gasteiger charge is 2.17. The van der Waals surface area contributed by atoms with Crippen molar-refractivity contribution in [1.29, 1.82) is 0 Å². The molecule has 104 valence electrons. The second-order valence-corrected chi connectivity index (χ2v) is 5.45. The largest absolute Gasteiger partial charge is 0.341 e. The SMILES string of the molecule is c1ccc(-c2nc(N3CCCC3)nc3ccccc23)cc1. The molecule has 0 atom stereocenters. The zero-order valence-electron chi connectivity index (χ0n) is 11.9. The Morgan fingerprint density at radius 1 is 0.762 bits per heavy atom. The number of nitrogens with zero attached hydrogens (tertiary/aromatic N) is 3. The first-order chi connectivity index (χ1) is 10.4. The zero-order chi connectivity index (χ0) is 14.1. The molecule has 3 nitrogen and oxygen atoms in total. The van der Waals surface area contributed by atoms with E-state index in [9.17, 15) is 0 Å². The summed E-state index contributed by atoms with van der Waals surface area (Å²) in [6.07, 6.45) is 2.47. The lowest BCUT2D eigenvalue weighted by molar-refractivity contribution is 0.909. The van der Waals surface area contributed by atoms with Crippen molar-refractivity contribution in [1.82, 2.24) is 9.97 Å². The van der Waals surface area contributed by atoms with Crippen LogP contribution in [-0.4, -0.2) is 23.1 Å². The van der Waals surface area contributed by atoms with E-state index in [-0.39, 0.29) is 0 Å². The van der Waals surface area contributed by atoms with Gasteiger partial charge in [0.15, 0.2) is 0 Å². The predicted octanol–water partition coefficient (Wildman–Crippen LogP) is 3.90. The third kappa shape index (κ3) is 2.25. The van der Waals surface area contributed by atoms with Gasteiger partial charge in [-0.15, -0.1) is 0 Å². The first-order valence-corrected chi connectivity index (χ1v) is 7.49. The Hall–Kier alpha value is -2.42. The van der Waals surface area contributed by atoms with Crippen LogP contribution in [0.1, 0.15) is 12.8 Å². The highest BCUT2D eigenvalue weighted by Crippen LogP contribution is 2.28. The summed E-state index contributed by atoms with van der Waals surface area (Å²) in [6, 6.07) is 18.6. The van der Waals surface area contributed by atoms with Crippen LogP contribution in [-0.2, 0) is 0 Å². The van der Waals surface area contributed by atoms with Gasteiger partial charge in [0, 0.05) is 24.0 Å². The highest BCUT2D eigenvalue weighted by atomic mass is 15.3. The summed E-state index contributed by atoms with van der Waals surface area (Å²) in [6.45, 7) is 2.12. The molecule has 1 aliphatic heterocycles. The molecule has 2 aromatic carbocycles. The van der Waals surface area contributed by atoms with Crippen LogP contribution in [0.25, 0.3) is 22.2 Å². The number of aromatic nitrogens is 2. The highest BCUT2D eigenvalue weighted by molar-refractivity contribution is 5.93. The molecule has 4 rings (SSSR count). The van der Waals surface area contributed by atoms with Gasteiger partial charge in [-0.05, 0) is 18.9 Å². The Morgan fingerprint density at radius 3 is 2.29 bits per heavy atom. The van der Waals surface area contributed by atoms with Gasteiger partial charge >= 0.3 is 0 Å². The lowest BCUT2D eigenvalue weighted by Crippen LogP contribution is -2.20. The van der Waals surface area contributed by atoms with Gasteiger partial charge in [-0.2, -0.15) is 0 Å². The van der Waals surface area contributed by atoms with Gasteiger partial charge in [-0.25, -0.2) is 9.97 Å². The molecule has 0 radical (unpaired) electrons. The Balaban J connectivity index is 1.94. The second kappa shape index (κ2) is 5.17. The molecule has 1 aliphatic rings. The Bertz CT molecular complexity index is 762. The fraction of sp³-hybridized carbons (Fsp3) is 0.222. The van der Waals surface area contributed by atoms with Crippen molar-refractivity contribution in [3.63, 3.8) is 0 Å². The van der Waals surface area contributed by atoms with Crippen molar-refractivity contribution in [3.05, 3.63) is 54.6 Å². The van der Waals surface area contributed by atoms with Gasteiger partial charge in [-0.3, -0.25) is 0 Å². The Kier molecular flexibility index (Phi) is 3.03. The van der Waals surface area contributed by atoms with Crippen LogP contribution >= 0.6 is 0 Å². The zero-order valence-corrected chi connectivity index (χ0v) is 11.9. The molecule has 1 aromatic heterocycles. The van der Waals surface area contributed by atoms with Crippen molar-refractivity contribution in [2.45, 2.75) is 12.8 Å². The van der Waals surface area contributed by atoms with Gasteiger partial charge in [0.1, 0.15) is 0 Å². The molecule has 3 aromatic rings. The molecular weight excluding hydrogens is 258 g/mol.